The maximum atomic E-state index is 6.04. The molecule has 0 atom stereocenters. The van der Waals surface area contributed by atoms with Gasteiger partial charge in [-0.1, -0.05) is 44.0 Å². The zero-order valence-electron chi connectivity index (χ0n) is 15.7. The Balaban J connectivity index is 1.81. The maximum Gasteiger partial charge on any atom is 0.191 e. The third kappa shape index (κ3) is 7.04. The van der Waals surface area contributed by atoms with Crippen LogP contribution < -0.4 is 10.6 Å². The first-order chi connectivity index (χ1) is 12.7. The van der Waals surface area contributed by atoms with E-state index in [0.717, 1.165) is 68.7 Å². The van der Waals surface area contributed by atoms with E-state index in [4.69, 9.17) is 11.6 Å². The van der Waals surface area contributed by atoms with Gasteiger partial charge in [0.15, 0.2) is 5.96 Å². The number of benzene rings is 1. The highest BCUT2D eigenvalue weighted by Crippen LogP contribution is 2.10. The summed E-state index contributed by atoms with van der Waals surface area (Å²) in [5.74, 6) is 1.86. The number of hydrogen-bond donors (Lipinski definition) is 2. The van der Waals surface area contributed by atoms with Gasteiger partial charge in [0.05, 0.1) is 0 Å². The molecule has 2 aromatic rings. The van der Waals surface area contributed by atoms with Crippen LogP contribution in [0.3, 0.4) is 0 Å². The van der Waals surface area contributed by atoms with Crippen LogP contribution in [0.2, 0.25) is 5.02 Å². The number of aromatic nitrogens is 3. The zero-order valence-corrected chi connectivity index (χ0v) is 16.5. The van der Waals surface area contributed by atoms with Gasteiger partial charge in [0.1, 0.15) is 12.2 Å². The molecule has 0 saturated carbocycles. The molecule has 0 aliphatic rings. The molecule has 0 spiro atoms. The predicted molar refractivity (Wildman–Crippen MR) is 108 cm³/mol. The molecule has 0 bridgehead atoms. The molecule has 0 fully saturated rings. The topological polar surface area (TPSA) is 67.1 Å². The average molecular weight is 377 g/mol. The van der Waals surface area contributed by atoms with E-state index in [1.807, 2.05) is 18.2 Å². The van der Waals surface area contributed by atoms with E-state index in [1.165, 1.54) is 5.56 Å². The van der Waals surface area contributed by atoms with E-state index >= 15 is 0 Å². The number of aryl methyl sites for hydroxylation is 1. The molecule has 142 valence electrons. The minimum atomic E-state index is 0.776. The lowest BCUT2D eigenvalue weighted by Crippen LogP contribution is -2.40. The van der Waals surface area contributed by atoms with Crippen LogP contribution in [0.5, 0.6) is 0 Å². The van der Waals surface area contributed by atoms with E-state index in [0.29, 0.717) is 0 Å². The molecule has 26 heavy (non-hydrogen) atoms. The summed E-state index contributed by atoms with van der Waals surface area (Å²) in [6, 6.07) is 7.97. The van der Waals surface area contributed by atoms with Crippen LogP contribution in [-0.2, 0) is 19.4 Å². The summed E-state index contributed by atoms with van der Waals surface area (Å²) >= 11 is 6.04. The van der Waals surface area contributed by atoms with Crippen molar-refractivity contribution in [3.8, 4) is 0 Å². The lowest BCUT2D eigenvalue weighted by Gasteiger charge is -2.13. The Kier molecular flexibility index (Phi) is 8.96. The van der Waals surface area contributed by atoms with E-state index in [9.17, 15) is 0 Å². The number of halogens is 1. The van der Waals surface area contributed by atoms with Crippen molar-refractivity contribution in [3.05, 3.63) is 47.0 Å². The maximum absolute atomic E-state index is 6.04. The summed E-state index contributed by atoms with van der Waals surface area (Å²) in [4.78, 5) is 4.65. The standard InChI is InChI=1S/C19H29ClN6/c1-3-5-10-21-19(22-11-9-16-7-6-8-17(20)14-16)23-12-13-26-15-24-25-18(26)4-2/h6-8,14-15H,3-5,9-13H2,1-2H3,(H2,21,22,23). The van der Waals surface area contributed by atoms with Gasteiger partial charge in [-0.2, -0.15) is 0 Å². The van der Waals surface area contributed by atoms with Crippen LogP contribution in [0.1, 0.15) is 38.1 Å². The molecule has 0 aliphatic carbocycles. The molecule has 0 aliphatic heterocycles. The van der Waals surface area contributed by atoms with Crippen LogP contribution in [-0.4, -0.2) is 40.4 Å². The van der Waals surface area contributed by atoms with Crippen molar-refractivity contribution >= 4 is 17.6 Å². The van der Waals surface area contributed by atoms with Crippen LogP contribution in [0, 0.1) is 0 Å². The van der Waals surface area contributed by atoms with E-state index in [-0.39, 0.29) is 0 Å². The summed E-state index contributed by atoms with van der Waals surface area (Å²) in [5, 5.41) is 15.7. The molecule has 2 rings (SSSR count). The summed E-state index contributed by atoms with van der Waals surface area (Å²) in [6.45, 7) is 7.50. The van der Waals surface area contributed by atoms with Crippen molar-refractivity contribution in [2.24, 2.45) is 4.99 Å². The lowest BCUT2D eigenvalue weighted by molar-refractivity contribution is 0.630. The number of nitrogens with zero attached hydrogens (tertiary/aromatic N) is 4. The Morgan fingerprint density at radius 3 is 2.85 bits per heavy atom. The second kappa shape index (κ2) is 11.5. The highest BCUT2D eigenvalue weighted by molar-refractivity contribution is 6.30. The molecule has 6 nitrogen and oxygen atoms in total. The van der Waals surface area contributed by atoms with Crippen molar-refractivity contribution in [2.75, 3.05) is 19.6 Å². The number of unbranched alkanes of at least 4 members (excludes halogenated alkanes) is 1. The molecule has 2 N–H and O–H groups in total. The van der Waals surface area contributed by atoms with E-state index in [1.54, 1.807) is 6.33 Å². The van der Waals surface area contributed by atoms with Crippen LogP contribution in [0.25, 0.3) is 0 Å². The van der Waals surface area contributed by atoms with Gasteiger partial charge in [0.2, 0.25) is 0 Å². The fourth-order valence-corrected chi connectivity index (χ4v) is 2.79. The fraction of sp³-hybridized carbons (Fsp3) is 0.526. The molecule has 7 heteroatoms. The Morgan fingerprint density at radius 1 is 1.23 bits per heavy atom. The first-order valence-corrected chi connectivity index (χ1v) is 9.74. The number of nitrogens with one attached hydrogen (secondary N) is 2. The van der Waals surface area contributed by atoms with Crippen molar-refractivity contribution in [3.63, 3.8) is 0 Å². The highest BCUT2D eigenvalue weighted by atomic mass is 35.5. The first kappa shape index (κ1) is 20.2. The minimum absolute atomic E-state index is 0.776. The molecule has 0 unspecified atom stereocenters. The van der Waals surface area contributed by atoms with Gasteiger partial charge >= 0.3 is 0 Å². The third-order valence-corrected chi connectivity index (χ3v) is 4.27. The predicted octanol–water partition coefficient (Wildman–Crippen LogP) is 3.07. The van der Waals surface area contributed by atoms with Crippen molar-refractivity contribution in [2.45, 2.75) is 46.1 Å². The highest BCUT2D eigenvalue weighted by Gasteiger charge is 2.03. The number of hydrogen-bond acceptors (Lipinski definition) is 3. The monoisotopic (exact) mass is 376 g/mol. The van der Waals surface area contributed by atoms with Gasteiger partial charge < -0.3 is 15.2 Å². The van der Waals surface area contributed by atoms with Crippen molar-refractivity contribution < 1.29 is 0 Å². The van der Waals surface area contributed by atoms with Crippen molar-refractivity contribution in [1.82, 2.24) is 25.4 Å². The van der Waals surface area contributed by atoms with Crippen LogP contribution in [0.15, 0.2) is 35.6 Å². The van der Waals surface area contributed by atoms with E-state index in [2.05, 4.69) is 50.3 Å². The molecular weight excluding hydrogens is 348 g/mol. The number of aliphatic imine (C=N–C) groups is 1. The SMILES string of the molecule is CCCCN=C(NCCc1cccc(Cl)c1)NCCn1cnnc1CC. The molecule has 0 radical (unpaired) electrons. The smallest absolute Gasteiger partial charge is 0.191 e. The summed E-state index contributed by atoms with van der Waals surface area (Å²) < 4.78 is 2.07. The second-order valence-electron chi connectivity index (χ2n) is 6.11. The Labute approximate surface area is 161 Å². The van der Waals surface area contributed by atoms with Gasteiger partial charge in [-0.05, 0) is 30.5 Å². The molecule has 1 aromatic heterocycles. The lowest BCUT2D eigenvalue weighted by atomic mass is 10.1. The third-order valence-electron chi connectivity index (χ3n) is 4.03. The molecule has 1 aromatic carbocycles. The van der Waals surface area contributed by atoms with Crippen LogP contribution in [0.4, 0.5) is 0 Å². The fourth-order valence-electron chi connectivity index (χ4n) is 2.58. The molecule has 1 heterocycles. The average Bonchev–Trinajstić information content (AvgIpc) is 3.09. The molecular formula is C19H29ClN6. The molecule has 0 amide bonds. The zero-order chi connectivity index (χ0) is 18.6. The summed E-state index contributed by atoms with van der Waals surface area (Å²) in [7, 11) is 0. The number of guanidine groups is 1. The largest absolute Gasteiger partial charge is 0.356 e. The van der Waals surface area contributed by atoms with Gasteiger partial charge in [0.25, 0.3) is 0 Å². The normalized spacial score (nSPS) is 11.6. The number of rotatable bonds is 10. The Morgan fingerprint density at radius 2 is 2.08 bits per heavy atom. The van der Waals surface area contributed by atoms with Gasteiger partial charge in [0, 0.05) is 37.6 Å². The second-order valence-corrected chi connectivity index (χ2v) is 6.55. The van der Waals surface area contributed by atoms with Crippen molar-refractivity contribution in [1.29, 1.82) is 0 Å². The van der Waals surface area contributed by atoms with Gasteiger partial charge in [-0.25, -0.2) is 0 Å². The van der Waals surface area contributed by atoms with Gasteiger partial charge in [-0.3, -0.25) is 4.99 Å². The summed E-state index contributed by atoms with van der Waals surface area (Å²) in [5.41, 5.74) is 1.22. The minimum Gasteiger partial charge on any atom is -0.356 e. The van der Waals surface area contributed by atoms with Crippen LogP contribution >= 0.6 is 11.6 Å². The quantitative estimate of drug-likeness (QED) is 0.380. The van der Waals surface area contributed by atoms with Gasteiger partial charge in [-0.15, -0.1) is 10.2 Å². The Hall–Kier alpha value is -2.08. The first-order valence-electron chi connectivity index (χ1n) is 9.36. The summed E-state index contributed by atoms with van der Waals surface area (Å²) in [6.07, 6.45) is 5.79. The molecule has 0 saturated heterocycles. The Bertz CT molecular complexity index is 682. The van der Waals surface area contributed by atoms with E-state index < -0.39 is 0 Å².